The first-order valence-corrected chi connectivity index (χ1v) is 41.2. The van der Waals surface area contributed by atoms with Gasteiger partial charge >= 0.3 is 0 Å². The summed E-state index contributed by atoms with van der Waals surface area (Å²) in [6.07, 6.45) is 58.9. The highest BCUT2D eigenvalue weighted by atomic mass is 79.9. The molecule has 94 heavy (non-hydrogen) atoms. The molecular weight excluding hydrogens is 1260 g/mol. The van der Waals surface area contributed by atoms with E-state index in [0.29, 0.717) is 0 Å². The third-order valence-electron chi connectivity index (χ3n) is 21.8. The van der Waals surface area contributed by atoms with Gasteiger partial charge < -0.3 is 0 Å². The molecule has 506 valence electrons. The lowest BCUT2D eigenvalue weighted by Crippen LogP contribution is -2.06. The van der Waals surface area contributed by atoms with Crippen molar-refractivity contribution in [1.29, 1.82) is 0 Å². The molecule has 0 spiro atoms. The Hall–Kier alpha value is -4.50. The minimum atomic E-state index is 0.149. The summed E-state index contributed by atoms with van der Waals surface area (Å²) >= 11 is 7.75. The molecule has 0 N–H and O–H groups in total. The maximum absolute atomic E-state index is 3.88. The van der Waals surface area contributed by atoms with Crippen molar-refractivity contribution in [2.24, 2.45) is 0 Å². The lowest BCUT2D eigenvalue weighted by Gasteiger charge is -2.24. The number of aryl methyl sites for hydroxylation is 4. The van der Waals surface area contributed by atoms with E-state index in [9.17, 15) is 0 Å². The summed E-state index contributed by atoms with van der Waals surface area (Å²) in [6.45, 7) is 9.31. The quantitative estimate of drug-likeness (QED) is 0.0334. The van der Waals surface area contributed by atoms with Crippen molar-refractivity contribution in [3.8, 4) is 44.5 Å². The lowest BCUT2D eigenvalue weighted by atomic mass is 9.79. The van der Waals surface area contributed by atoms with E-state index in [-0.39, 0.29) is 11.8 Å². The van der Waals surface area contributed by atoms with E-state index in [1.54, 1.807) is 0 Å². The monoisotopic (exact) mass is 1390 g/mol. The van der Waals surface area contributed by atoms with Crippen LogP contribution >= 0.6 is 31.9 Å². The van der Waals surface area contributed by atoms with E-state index >= 15 is 0 Å². The highest BCUT2D eigenvalue weighted by Crippen LogP contribution is 2.56. The third-order valence-corrected chi connectivity index (χ3v) is 22.8. The number of unbranched alkanes of at least 4 members (excludes halogenated alkanes) is 36. The molecule has 0 fully saturated rings. The van der Waals surface area contributed by atoms with Crippen molar-refractivity contribution in [2.75, 3.05) is 0 Å². The van der Waals surface area contributed by atoms with Crippen LogP contribution in [0, 0.1) is 0 Å². The number of benzene rings is 7. The Morgan fingerprint density at radius 3 is 0.840 bits per heavy atom. The summed E-state index contributed by atoms with van der Waals surface area (Å²) in [7, 11) is 0. The summed E-state index contributed by atoms with van der Waals surface area (Å²) in [5.74, 6) is 0.298. The molecule has 0 aliphatic heterocycles. The highest BCUT2D eigenvalue weighted by Gasteiger charge is 2.36. The van der Waals surface area contributed by atoms with Gasteiger partial charge in [0, 0.05) is 20.8 Å². The summed E-state index contributed by atoms with van der Waals surface area (Å²) in [5, 5.41) is 0. The van der Waals surface area contributed by atoms with Crippen molar-refractivity contribution in [2.45, 2.75) is 322 Å². The fraction of sp³-hybridized carbons (Fsp3) is 0.543. The van der Waals surface area contributed by atoms with Crippen molar-refractivity contribution in [1.82, 2.24) is 0 Å². The lowest BCUT2D eigenvalue weighted by molar-refractivity contribution is 0.556. The van der Waals surface area contributed by atoms with Crippen LogP contribution in [-0.4, -0.2) is 0 Å². The third kappa shape index (κ3) is 21.7. The van der Waals surface area contributed by atoms with Crippen molar-refractivity contribution < 1.29 is 0 Å². The minimum absolute atomic E-state index is 0.149. The maximum Gasteiger partial charge on any atom is 0.0358 e. The van der Waals surface area contributed by atoms with Gasteiger partial charge in [-0.3, -0.25) is 0 Å². The molecule has 7 aromatic rings. The van der Waals surface area contributed by atoms with Gasteiger partial charge in [0.2, 0.25) is 0 Å². The number of halogens is 2. The molecule has 0 aromatic heterocycles. The predicted molar refractivity (Wildman–Crippen MR) is 421 cm³/mol. The molecule has 9 rings (SSSR count). The van der Waals surface area contributed by atoms with Crippen LogP contribution in [0.15, 0.2) is 142 Å². The highest BCUT2D eigenvalue weighted by molar-refractivity contribution is 9.10. The zero-order valence-corrected chi connectivity index (χ0v) is 62.9. The van der Waals surface area contributed by atoms with E-state index in [2.05, 4.69) is 193 Å². The summed E-state index contributed by atoms with van der Waals surface area (Å²) < 4.78 is 2.29. The minimum Gasteiger partial charge on any atom is -0.0654 e. The van der Waals surface area contributed by atoms with Gasteiger partial charge in [-0.25, -0.2) is 0 Å². The topological polar surface area (TPSA) is 0 Å². The average Bonchev–Trinajstić information content (AvgIpc) is 1.57. The van der Waals surface area contributed by atoms with E-state index < -0.39 is 0 Å². The Labute approximate surface area is 592 Å². The molecule has 2 unspecified atom stereocenters. The second kappa shape index (κ2) is 41.7. The zero-order valence-electron chi connectivity index (χ0n) is 59.7. The van der Waals surface area contributed by atoms with Gasteiger partial charge in [-0.2, -0.15) is 0 Å². The van der Waals surface area contributed by atoms with E-state index in [1.165, 1.54) is 357 Å². The molecule has 0 amide bonds. The molecule has 0 nitrogen and oxygen atoms in total. The number of rotatable bonds is 48. The Morgan fingerprint density at radius 2 is 0.532 bits per heavy atom. The molecule has 0 radical (unpaired) electrons. The van der Waals surface area contributed by atoms with Gasteiger partial charge in [0.15, 0.2) is 0 Å². The van der Waals surface area contributed by atoms with Gasteiger partial charge in [-0.05, 0) is 182 Å². The number of hydrogen-bond donors (Lipinski definition) is 0. The molecule has 2 aliphatic carbocycles. The van der Waals surface area contributed by atoms with E-state index in [0.717, 1.165) is 34.6 Å². The Morgan fingerprint density at radius 1 is 0.255 bits per heavy atom. The molecule has 0 saturated heterocycles. The SMILES string of the molecule is CCCCCCCCCCCCc1ccc2c(c1)C(c1ccc(Br)cc1)c1c-2ccc(CCCCCCCCCCCC)c1-c1cccc(-c2c(CCCCCCCCCCCC)ccc3c2C(c2ccc(Br)cc2)c2cc(CCCCCCCCCCCC)ccc2-3)c1. The van der Waals surface area contributed by atoms with E-state index in [4.69, 9.17) is 0 Å². The summed E-state index contributed by atoms with van der Waals surface area (Å²) in [6, 6.07) is 54.6. The standard InChI is InChI=1S/C92H124Br2/c1-5-9-13-17-21-25-29-33-37-41-46-71-52-64-81-83-66-58-73(48-43-39-35-31-27-23-19-15-11-7-3)87(91(83)89(85(81)68-71)75-54-60-79(93)61-55-75)77-50-45-51-78(70-77)88-74(49-44-40-36-32-28-24-20-16-12-8-4)59-67-84-82-65-53-72(47-42-38-34-30-26-22-18-14-10-6-2)69-86(82)90(92(84)88)76-56-62-80(94)63-57-76/h45,50-70,89-90H,5-44,46-49H2,1-4H3. The van der Waals surface area contributed by atoms with Crippen molar-refractivity contribution in [3.05, 3.63) is 198 Å². The second-order valence-electron chi connectivity index (χ2n) is 29.2. The largest absolute Gasteiger partial charge is 0.0654 e. The van der Waals surface area contributed by atoms with Gasteiger partial charge in [0.1, 0.15) is 0 Å². The summed E-state index contributed by atoms with van der Waals surface area (Å²) in [5.41, 5.74) is 26.4. The van der Waals surface area contributed by atoms with Crippen LogP contribution in [0.25, 0.3) is 44.5 Å². The predicted octanol–water partition coefficient (Wildman–Crippen LogP) is 30.7. The second-order valence-corrected chi connectivity index (χ2v) is 31.1. The Balaban J connectivity index is 1.09. The Kier molecular flexibility index (Phi) is 32.7. The normalized spacial score (nSPS) is 13.8. The van der Waals surface area contributed by atoms with E-state index in [1.807, 2.05) is 0 Å². The van der Waals surface area contributed by atoms with Crippen molar-refractivity contribution in [3.63, 3.8) is 0 Å². The summed E-state index contributed by atoms with van der Waals surface area (Å²) in [4.78, 5) is 0. The molecule has 2 aliphatic rings. The first-order chi connectivity index (χ1) is 46.4. The molecule has 7 aromatic carbocycles. The number of fused-ring (bicyclic) bond motifs is 6. The smallest absolute Gasteiger partial charge is 0.0358 e. The van der Waals surface area contributed by atoms with Gasteiger partial charge in [-0.15, -0.1) is 0 Å². The van der Waals surface area contributed by atoms with Gasteiger partial charge in [0.25, 0.3) is 0 Å². The van der Waals surface area contributed by atoms with Crippen LogP contribution in [0.5, 0.6) is 0 Å². The van der Waals surface area contributed by atoms with Crippen molar-refractivity contribution >= 4 is 31.9 Å². The molecule has 0 bridgehead atoms. The first kappa shape index (κ1) is 73.7. The van der Waals surface area contributed by atoms with Crippen LogP contribution in [-0.2, 0) is 25.7 Å². The van der Waals surface area contributed by atoms with Crippen LogP contribution in [0.2, 0.25) is 0 Å². The maximum atomic E-state index is 3.88. The average molecular weight is 1390 g/mol. The Bertz CT molecular complexity index is 3070. The zero-order chi connectivity index (χ0) is 65.4. The molecule has 2 heteroatoms. The van der Waals surface area contributed by atoms with Crippen LogP contribution in [0.1, 0.15) is 352 Å². The van der Waals surface area contributed by atoms with Gasteiger partial charge in [0.05, 0.1) is 0 Å². The molecule has 0 heterocycles. The molecule has 0 saturated carbocycles. The fourth-order valence-corrected chi connectivity index (χ4v) is 16.9. The van der Waals surface area contributed by atoms with Crippen LogP contribution in [0.4, 0.5) is 0 Å². The molecular formula is C92H124Br2. The molecule has 2 atom stereocenters. The van der Waals surface area contributed by atoms with Gasteiger partial charge in [-0.1, -0.05) is 394 Å². The first-order valence-electron chi connectivity index (χ1n) is 39.6. The number of hydrogen-bond acceptors (Lipinski definition) is 0. The van der Waals surface area contributed by atoms with Crippen LogP contribution < -0.4 is 0 Å². The fourth-order valence-electron chi connectivity index (χ4n) is 16.4. The van der Waals surface area contributed by atoms with Crippen LogP contribution in [0.3, 0.4) is 0 Å².